The van der Waals surface area contributed by atoms with Crippen molar-refractivity contribution in [1.82, 2.24) is 15.2 Å². The highest BCUT2D eigenvalue weighted by Crippen LogP contribution is 2.40. The highest BCUT2D eigenvalue weighted by Gasteiger charge is 2.26. The van der Waals surface area contributed by atoms with Gasteiger partial charge in [-0.2, -0.15) is 4.98 Å². The molecule has 4 rings (SSSR count). The van der Waals surface area contributed by atoms with Gasteiger partial charge in [0.25, 0.3) is 0 Å². The van der Waals surface area contributed by atoms with E-state index in [1.54, 1.807) is 26.0 Å². The Hall–Kier alpha value is -3.00. The van der Waals surface area contributed by atoms with Gasteiger partial charge in [-0.3, -0.25) is 0 Å². The van der Waals surface area contributed by atoms with Gasteiger partial charge in [0.15, 0.2) is 23.4 Å². The molecular formula is C23H26N4O3S. The maximum Gasteiger partial charge on any atom is 0.247 e. The van der Waals surface area contributed by atoms with Gasteiger partial charge in [0.1, 0.15) is 0 Å². The first-order valence-corrected chi connectivity index (χ1v) is 11.3. The monoisotopic (exact) mass is 438 g/mol. The van der Waals surface area contributed by atoms with Gasteiger partial charge < -0.3 is 19.5 Å². The number of benzene rings is 2. The maximum atomic E-state index is 6.33. The minimum Gasteiger partial charge on any atom is -0.493 e. The van der Waals surface area contributed by atoms with Gasteiger partial charge in [-0.1, -0.05) is 49.7 Å². The summed E-state index contributed by atoms with van der Waals surface area (Å²) < 4.78 is 17.2. The molecule has 3 aromatic rings. The molecule has 0 spiro atoms. The van der Waals surface area contributed by atoms with Crippen LogP contribution in [-0.2, 0) is 0 Å². The van der Waals surface area contributed by atoms with Crippen molar-refractivity contribution in [2.45, 2.75) is 37.6 Å². The average molecular weight is 439 g/mol. The van der Waals surface area contributed by atoms with E-state index in [4.69, 9.17) is 19.2 Å². The maximum absolute atomic E-state index is 6.33. The topological polar surface area (TPSA) is 78.4 Å². The second-order valence-electron chi connectivity index (χ2n) is 7.11. The van der Waals surface area contributed by atoms with Crippen LogP contribution in [0.25, 0.3) is 11.3 Å². The quantitative estimate of drug-likeness (QED) is 0.373. The van der Waals surface area contributed by atoms with Crippen molar-refractivity contribution in [3.63, 3.8) is 0 Å². The molecule has 2 heterocycles. The highest BCUT2D eigenvalue weighted by molar-refractivity contribution is 7.99. The third-order valence-corrected chi connectivity index (χ3v) is 5.95. The fourth-order valence-corrected chi connectivity index (χ4v) is 4.17. The lowest BCUT2D eigenvalue weighted by Gasteiger charge is -2.20. The van der Waals surface area contributed by atoms with Gasteiger partial charge in [-0.15, -0.1) is 10.2 Å². The first-order chi connectivity index (χ1) is 15.2. The molecule has 1 aliphatic rings. The molecule has 2 aromatic carbocycles. The normalized spacial score (nSPS) is 14.5. The molecule has 31 heavy (non-hydrogen) atoms. The Morgan fingerprint density at radius 2 is 1.87 bits per heavy atom. The summed E-state index contributed by atoms with van der Waals surface area (Å²) in [6.07, 6.45) is 3.03. The Kier molecular flexibility index (Phi) is 6.76. The first-order valence-electron chi connectivity index (χ1n) is 10.4. The lowest BCUT2D eigenvalue weighted by molar-refractivity contribution is 0.224. The third-order valence-electron chi connectivity index (χ3n) is 5.02. The van der Waals surface area contributed by atoms with Crippen LogP contribution >= 0.6 is 11.8 Å². The number of thioether (sulfide) groups is 1. The van der Waals surface area contributed by atoms with Gasteiger partial charge in [0.05, 0.1) is 14.2 Å². The number of methoxy groups -OCH3 is 2. The average Bonchev–Trinajstić information content (AvgIpc) is 2.98. The molecule has 162 valence electrons. The van der Waals surface area contributed by atoms with Crippen molar-refractivity contribution in [2.75, 3.05) is 25.3 Å². The molecular weight excluding hydrogens is 412 g/mol. The van der Waals surface area contributed by atoms with Crippen molar-refractivity contribution in [3.8, 4) is 28.6 Å². The summed E-state index contributed by atoms with van der Waals surface area (Å²) in [7, 11) is 3.24. The van der Waals surface area contributed by atoms with E-state index in [9.17, 15) is 0 Å². The lowest BCUT2D eigenvalue weighted by atomic mass is 10.1. The van der Waals surface area contributed by atoms with Crippen LogP contribution in [0.1, 0.15) is 38.0 Å². The largest absolute Gasteiger partial charge is 0.493 e. The zero-order chi connectivity index (χ0) is 21.6. The number of hydrogen-bond donors (Lipinski definition) is 1. The number of nitrogens with one attached hydrogen (secondary N) is 1. The van der Waals surface area contributed by atoms with Gasteiger partial charge >= 0.3 is 0 Å². The van der Waals surface area contributed by atoms with Crippen LogP contribution in [0, 0.1) is 0 Å². The molecule has 1 N–H and O–H groups in total. The van der Waals surface area contributed by atoms with Crippen molar-refractivity contribution in [3.05, 3.63) is 48.0 Å². The first kappa shape index (κ1) is 21.2. The number of aromatic nitrogens is 3. The van der Waals surface area contributed by atoms with E-state index in [0.717, 1.165) is 29.0 Å². The number of unbranched alkanes of at least 4 members (excludes halogenated alkanes) is 2. The van der Waals surface area contributed by atoms with Crippen LogP contribution < -0.4 is 19.5 Å². The fraction of sp³-hybridized carbons (Fsp3) is 0.348. The Balaban J connectivity index is 1.69. The van der Waals surface area contributed by atoms with Crippen LogP contribution in [0.3, 0.4) is 0 Å². The van der Waals surface area contributed by atoms with E-state index in [1.807, 2.05) is 42.5 Å². The molecule has 0 bridgehead atoms. The smallest absolute Gasteiger partial charge is 0.247 e. The summed E-state index contributed by atoms with van der Waals surface area (Å²) in [5.74, 6) is 2.72. The van der Waals surface area contributed by atoms with Crippen LogP contribution in [0.4, 0.5) is 5.69 Å². The SMILES string of the molecule is CCCCCSc1nnc2c(n1)O[C@H](c1ccc(OC)c(OC)c1)Nc1ccccc1-2. The van der Waals surface area contributed by atoms with Gasteiger partial charge in [0, 0.05) is 22.6 Å². The second-order valence-corrected chi connectivity index (χ2v) is 8.17. The van der Waals surface area contributed by atoms with Crippen molar-refractivity contribution >= 4 is 17.4 Å². The number of anilines is 1. The van der Waals surface area contributed by atoms with Crippen LogP contribution in [-0.4, -0.2) is 35.2 Å². The molecule has 0 aliphatic carbocycles. The summed E-state index contributed by atoms with van der Waals surface area (Å²) in [5.41, 5.74) is 3.32. The number of hydrogen-bond acceptors (Lipinski definition) is 8. The Morgan fingerprint density at radius 3 is 2.68 bits per heavy atom. The molecule has 0 saturated carbocycles. The molecule has 8 heteroatoms. The van der Waals surface area contributed by atoms with E-state index in [2.05, 4.69) is 22.4 Å². The predicted octanol–water partition coefficient (Wildman–Crippen LogP) is 5.34. The molecule has 0 fully saturated rings. The Bertz CT molecular complexity index is 1050. The van der Waals surface area contributed by atoms with Gasteiger partial charge in [-0.05, 0) is 30.7 Å². The Morgan fingerprint density at radius 1 is 1.03 bits per heavy atom. The van der Waals surface area contributed by atoms with Crippen LogP contribution in [0.2, 0.25) is 0 Å². The van der Waals surface area contributed by atoms with Gasteiger partial charge in [-0.25, -0.2) is 0 Å². The molecule has 1 atom stereocenters. The molecule has 0 amide bonds. The third kappa shape index (κ3) is 4.69. The minimum atomic E-state index is -0.475. The molecule has 0 radical (unpaired) electrons. The molecule has 0 unspecified atom stereocenters. The summed E-state index contributed by atoms with van der Waals surface area (Å²) in [5, 5.41) is 12.9. The van der Waals surface area contributed by atoms with E-state index in [1.165, 1.54) is 12.8 Å². The van der Waals surface area contributed by atoms with Crippen LogP contribution in [0.15, 0.2) is 47.6 Å². The standard InChI is InChI=1S/C23H26N4O3S/c1-4-5-8-13-31-23-25-22-20(26-27-23)16-9-6-7-10-17(16)24-21(30-22)15-11-12-18(28-2)19(14-15)29-3/h6-7,9-12,14,21,24H,4-5,8,13H2,1-3H3/t21-/m1/s1. The number of rotatable bonds is 8. The summed E-state index contributed by atoms with van der Waals surface area (Å²) in [6, 6.07) is 13.6. The van der Waals surface area contributed by atoms with Crippen molar-refractivity contribution in [1.29, 1.82) is 0 Å². The lowest BCUT2D eigenvalue weighted by Crippen LogP contribution is -2.17. The molecule has 7 nitrogen and oxygen atoms in total. The highest BCUT2D eigenvalue weighted by atomic mass is 32.2. The van der Waals surface area contributed by atoms with E-state index < -0.39 is 6.23 Å². The molecule has 1 aromatic heterocycles. The number of nitrogens with zero attached hydrogens (tertiary/aromatic N) is 3. The number of ether oxygens (including phenoxy) is 3. The van der Waals surface area contributed by atoms with E-state index in [-0.39, 0.29) is 0 Å². The Labute approximate surface area is 186 Å². The summed E-state index contributed by atoms with van der Waals surface area (Å²) in [4.78, 5) is 4.69. The zero-order valence-corrected chi connectivity index (χ0v) is 18.7. The fourth-order valence-electron chi connectivity index (χ4n) is 3.39. The number of fused-ring (bicyclic) bond motifs is 3. The van der Waals surface area contributed by atoms with Crippen molar-refractivity contribution in [2.24, 2.45) is 0 Å². The number of para-hydroxylation sites is 1. The second kappa shape index (κ2) is 9.87. The zero-order valence-electron chi connectivity index (χ0n) is 17.9. The predicted molar refractivity (Wildman–Crippen MR) is 122 cm³/mol. The summed E-state index contributed by atoms with van der Waals surface area (Å²) >= 11 is 1.61. The van der Waals surface area contributed by atoms with Crippen LogP contribution in [0.5, 0.6) is 17.4 Å². The van der Waals surface area contributed by atoms with E-state index >= 15 is 0 Å². The minimum absolute atomic E-state index is 0.463. The molecule has 0 saturated heterocycles. The molecule has 1 aliphatic heterocycles. The summed E-state index contributed by atoms with van der Waals surface area (Å²) in [6.45, 7) is 2.19. The van der Waals surface area contributed by atoms with E-state index in [0.29, 0.717) is 28.2 Å². The van der Waals surface area contributed by atoms with Gasteiger partial charge in [0.2, 0.25) is 11.0 Å². The van der Waals surface area contributed by atoms with Crippen molar-refractivity contribution < 1.29 is 14.2 Å².